The zero-order valence-corrected chi connectivity index (χ0v) is 39.2. The van der Waals surface area contributed by atoms with Crippen LogP contribution >= 0.6 is 0 Å². The number of fused-ring (bicyclic) bond motifs is 9. The van der Waals surface area contributed by atoms with Crippen LogP contribution < -0.4 is 15.3 Å². The monoisotopic (exact) mass is 878 g/mol. The highest BCUT2D eigenvalue weighted by Gasteiger charge is 2.29. The fourth-order valence-corrected chi connectivity index (χ4v) is 13.0. The Hall–Kier alpha value is -8.12. The maximum absolute atomic E-state index is 2.52. The first-order valence-electron chi connectivity index (χ1n) is 23.3. The van der Waals surface area contributed by atoms with E-state index in [4.69, 9.17) is 0 Å². The lowest BCUT2D eigenvalue weighted by Crippen LogP contribution is -2.52. The summed E-state index contributed by atoms with van der Waals surface area (Å²) in [6.45, 7) is 9.23. The number of hydrogen-bond donors (Lipinski definition) is 0. The van der Waals surface area contributed by atoms with Gasteiger partial charge < -0.3 is 18.6 Å². The minimum absolute atomic E-state index is 1.12. The van der Waals surface area contributed by atoms with Gasteiger partial charge in [-0.05, 0) is 111 Å². The number of benzene rings is 9. The first-order chi connectivity index (χ1) is 32.9. The predicted octanol–water partition coefficient (Wildman–Crippen LogP) is 15.4. The average Bonchev–Trinajstić information content (AvgIpc) is 4.00. The summed E-state index contributed by atoms with van der Waals surface area (Å²) in [4.78, 5) is 2.35. The van der Waals surface area contributed by atoms with Crippen molar-refractivity contribution in [3.05, 3.63) is 236 Å². The van der Waals surface area contributed by atoms with Crippen molar-refractivity contribution in [2.24, 2.45) is 0 Å². The van der Waals surface area contributed by atoms with E-state index in [1.807, 2.05) is 0 Å². The molecule has 0 aliphatic rings. The second-order valence-electron chi connectivity index (χ2n) is 18.1. The van der Waals surface area contributed by atoms with Gasteiger partial charge in [0.25, 0.3) is 0 Å². The minimum Gasteiger partial charge on any atom is -0.311 e. The largest absolute Gasteiger partial charge is 0.311 e. The summed E-state index contributed by atoms with van der Waals surface area (Å²) in [6.07, 6.45) is 6.48. The molecule has 0 unspecified atom stereocenters. The van der Waals surface area contributed by atoms with E-state index in [1.165, 1.54) is 75.8 Å². The van der Waals surface area contributed by atoms with Crippen molar-refractivity contribution in [2.75, 3.05) is 4.90 Å². The van der Waals surface area contributed by atoms with Crippen molar-refractivity contribution >= 4 is 95.2 Å². The standard InChI is InChI=1S/C62H50N4Si/c1-5-21-43(6-2)63(44-22-11-7-12-23-44)48-32-35-52-53-39-49(33-36-58(53)65(60(52)38-48)46-26-15-9-16-27-46)67(3,4)50-34-37-59-54(40-50)56-41-55-51-30-19-20-31-57(51)64(45-24-13-8-14-25-45)61(55)42-62(56)66(59)47-28-17-10-18-29-47/h5-42H,1-4H3. The van der Waals surface area contributed by atoms with E-state index < -0.39 is 8.07 Å². The molecule has 0 saturated heterocycles. The summed E-state index contributed by atoms with van der Waals surface area (Å²) in [6, 6.07) is 78.4. The van der Waals surface area contributed by atoms with Crippen LogP contribution in [0.25, 0.3) is 82.5 Å². The van der Waals surface area contributed by atoms with Crippen LogP contribution in [0.2, 0.25) is 13.1 Å². The fraction of sp³-hybridized carbons (Fsp3) is 0.0645. The SMILES string of the molecule is CC=CC(=CC)N(c1ccccc1)c1ccc2c3cc([Si](C)(C)c4ccc5c(c4)c4cc6c7ccccc7n(-c7ccccc7)c6cc4n5-c4ccccc4)ccc3n(-c3ccccc3)c2c1. The summed E-state index contributed by atoms with van der Waals surface area (Å²) in [5.41, 5.74) is 14.1. The number of para-hydroxylation sites is 5. The zero-order valence-electron chi connectivity index (χ0n) is 38.2. The highest BCUT2D eigenvalue weighted by molar-refractivity contribution is 7.00. The van der Waals surface area contributed by atoms with E-state index >= 15 is 0 Å². The highest BCUT2D eigenvalue weighted by atomic mass is 28.3. The molecule has 4 nitrogen and oxygen atoms in total. The van der Waals surface area contributed by atoms with E-state index in [-0.39, 0.29) is 0 Å². The fourth-order valence-electron chi connectivity index (χ4n) is 10.6. The lowest BCUT2D eigenvalue weighted by atomic mass is 10.1. The topological polar surface area (TPSA) is 18.0 Å². The summed E-state index contributed by atoms with van der Waals surface area (Å²) < 4.78 is 7.33. The maximum Gasteiger partial charge on any atom is 0.112 e. The third-order valence-electron chi connectivity index (χ3n) is 14.0. The van der Waals surface area contributed by atoms with E-state index in [2.05, 4.69) is 276 Å². The van der Waals surface area contributed by atoms with Crippen LogP contribution in [0, 0.1) is 0 Å². The van der Waals surface area contributed by atoms with Gasteiger partial charge in [0.15, 0.2) is 0 Å². The molecule has 0 fully saturated rings. The van der Waals surface area contributed by atoms with Gasteiger partial charge in [0, 0.05) is 66.5 Å². The molecule has 0 radical (unpaired) electrons. The number of nitrogens with zero attached hydrogens (tertiary/aromatic N) is 4. The van der Waals surface area contributed by atoms with Crippen LogP contribution in [0.15, 0.2) is 236 Å². The molecular formula is C62H50N4Si. The quantitative estimate of drug-likeness (QED) is 0.104. The van der Waals surface area contributed by atoms with Gasteiger partial charge in [0.1, 0.15) is 8.07 Å². The second kappa shape index (κ2) is 16.1. The van der Waals surface area contributed by atoms with Gasteiger partial charge >= 0.3 is 0 Å². The molecule has 3 aromatic heterocycles. The Morgan fingerprint density at radius 2 is 0.806 bits per heavy atom. The Labute approximate surface area is 392 Å². The number of aromatic nitrogens is 3. The minimum atomic E-state index is -2.29. The van der Waals surface area contributed by atoms with Crippen molar-refractivity contribution in [1.29, 1.82) is 0 Å². The highest BCUT2D eigenvalue weighted by Crippen LogP contribution is 2.41. The number of allylic oxidation sites excluding steroid dienone is 3. The van der Waals surface area contributed by atoms with E-state index in [0.29, 0.717) is 0 Å². The third kappa shape index (κ3) is 6.49. The number of anilines is 2. The molecular weight excluding hydrogens is 829 g/mol. The van der Waals surface area contributed by atoms with Crippen LogP contribution in [0.4, 0.5) is 11.4 Å². The van der Waals surface area contributed by atoms with E-state index in [1.54, 1.807) is 0 Å². The average molecular weight is 879 g/mol. The Bertz CT molecular complexity index is 3890. The van der Waals surface area contributed by atoms with Crippen LogP contribution in [0.1, 0.15) is 13.8 Å². The molecule has 0 aliphatic carbocycles. The lowest BCUT2D eigenvalue weighted by Gasteiger charge is -2.26. The molecule has 12 aromatic rings. The molecule has 0 bridgehead atoms. The molecule has 5 heteroatoms. The predicted molar refractivity (Wildman–Crippen MR) is 290 cm³/mol. The molecule has 0 spiro atoms. The normalized spacial score (nSPS) is 12.5. The molecule has 0 atom stereocenters. The van der Waals surface area contributed by atoms with Crippen molar-refractivity contribution < 1.29 is 0 Å². The Balaban J connectivity index is 1.05. The summed E-state index contributed by atoms with van der Waals surface area (Å²) in [5, 5.41) is 10.4. The molecule has 12 rings (SSSR count). The second-order valence-corrected chi connectivity index (χ2v) is 22.5. The molecule has 322 valence electrons. The summed E-state index contributed by atoms with van der Waals surface area (Å²) in [5.74, 6) is 0. The van der Waals surface area contributed by atoms with Gasteiger partial charge in [-0.3, -0.25) is 0 Å². The number of hydrogen-bond acceptors (Lipinski definition) is 1. The smallest absolute Gasteiger partial charge is 0.112 e. The van der Waals surface area contributed by atoms with Crippen LogP contribution in [-0.4, -0.2) is 21.8 Å². The third-order valence-corrected chi connectivity index (χ3v) is 17.5. The Kier molecular flexibility index (Phi) is 9.70. The summed E-state index contributed by atoms with van der Waals surface area (Å²) >= 11 is 0. The van der Waals surface area contributed by atoms with Crippen LogP contribution in [0.3, 0.4) is 0 Å². The van der Waals surface area contributed by atoms with Gasteiger partial charge in [0.05, 0.1) is 33.1 Å². The van der Waals surface area contributed by atoms with E-state index in [0.717, 1.165) is 34.1 Å². The van der Waals surface area contributed by atoms with Gasteiger partial charge in [-0.2, -0.15) is 0 Å². The van der Waals surface area contributed by atoms with Crippen LogP contribution in [0.5, 0.6) is 0 Å². The zero-order chi connectivity index (χ0) is 45.2. The molecule has 3 heterocycles. The molecule has 0 saturated carbocycles. The van der Waals surface area contributed by atoms with Crippen molar-refractivity contribution in [3.8, 4) is 17.1 Å². The van der Waals surface area contributed by atoms with Crippen molar-refractivity contribution in [1.82, 2.24) is 13.7 Å². The van der Waals surface area contributed by atoms with Crippen LogP contribution in [-0.2, 0) is 0 Å². The molecule has 67 heavy (non-hydrogen) atoms. The first-order valence-corrected chi connectivity index (χ1v) is 26.3. The van der Waals surface area contributed by atoms with Gasteiger partial charge in [0.2, 0.25) is 0 Å². The van der Waals surface area contributed by atoms with E-state index in [9.17, 15) is 0 Å². The molecule has 0 aliphatic heterocycles. The lowest BCUT2D eigenvalue weighted by molar-refractivity contribution is 1.16. The molecule has 9 aromatic carbocycles. The van der Waals surface area contributed by atoms with Crippen molar-refractivity contribution in [3.63, 3.8) is 0 Å². The van der Waals surface area contributed by atoms with Gasteiger partial charge in [-0.15, -0.1) is 0 Å². The Morgan fingerprint density at radius 1 is 0.373 bits per heavy atom. The molecule has 0 N–H and O–H groups in total. The first kappa shape index (κ1) is 40.4. The molecule has 0 amide bonds. The van der Waals surface area contributed by atoms with Gasteiger partial charge in [-0.1, -0.05) is 157 Å². The maximum atomic E-state index is 2.52. The number of rotatable bonds is 9. The van der Waals surface area contributed by atoms with Crippen molar-refractivity contribution in [2.45, 2.75) is 26.9 Å². The van der Waals surface area contributed by atoms with Gasteiger partial charge in [-0.25, -0.2) is 0 Å². The summed E-state index contributed by atoms with van der Waals surface area (Å²) in [7, 11) is -2.29. The Morgan fingerprint density at radius 3 is 1.34 bits per heavy atom.